The van der Waals surface area contributed by atoms with Gasteiger partial charge in [-0.2, -0.15) is 0 Å². The zero-order valence-corrected chi connectivity index (χ0v) is 14.7. The molecule has 0 aliphatic heterocycles. The van der Waals surface area contributed by atoms with Crippen LogP contribution in [-0.4, -0.2) is 11.0 Å². The Bertz CT molecular complexity index is 1060. The first-order chi connectivity index (χ1) is 13.3. The molecule has 3 aromatic carbocycles. The number of carbonyl (C=O) groups excluding carboxylic acids is 1. The van der Waals surface area contributed by atoms with Crippen LogP contribution in [0.25, 0.3) is 10.8 Å². The van der Waals surface area contributed by atoms with Gasteiger partial charge in [-0.05, 0) is 53.3 Å². The van der Waals surface area contributed by atoms with Crippen LogP contribution < -0.4 is 10.6 Å². The van der Waals surface area contributed by atoms with Crippen molar-refractivity contribution in [3.05, 3.63) is 102 Å². The largest absolute Gasteiger partial charge is 0.323 e. The standard InChI is InChI=1S/C23H19N3O/c27-23(26-22-11-8-20-16-24-13-12-19(20)15-22)25-21-9-6-18(7-10-21)14-17-4-2-1-3-5-17/h1-13,15-16H,14H2,(H2,25,26,27). The number of urea groups is 1. The maximum atomic E-state index is 12.3. The Morgan fingerprint density at radius 3 is 2.26 bits per heavy atom. The van der Waals surface area contributed by atoms with Gasteiger partial charge in [-0.25, -0.2) is 4.79 Å². The molecule has 0 bridgehead atoms. The Morgan fingerprint density at radius 1 is 0.741 bits per heavy atom. The lowest BCUT2D eigenvalue weighted by atomic mass is 10.0. The highest BCUT2D eigenvalue weighted by Gasteiger charge is 2.04. The topological polar surface area (TPSA) is 54.0 Å². The van der Waals surface area contributed by atoms with Crippen molar-refractivity contribution in [2.45, 2.75) is 6.42 Å². The van der Waals surface area contributed by atoms with Gasteiger partial charge < -0.3 is 10.6 Å². The highest BCUT2D eigenvalue weighted by molar-refractivity contribution is 6.01. The van der Waals surface area contributed by atoms with Crippen LogP contribution in [0, 0.1) is 0 Å². The summed E-state index contributed by atoms with van der Waals surface area (Å²) in [6, 6.07) is 25.6. The van der Waals surface area contributed by atoms with Gasteiger partial charge in [-0.3, -0.25) is 4.98 Å². The number of benzene rings is 3. The summed E-state index contributed by atoms with van der Waals surface area (Å²) in [6.07, 6.45) is 4.42. The van der Waals surface area contributed by atoms with Crippen molar-refractivity contribution in [3.8, 4) is 0 Å². The number of carbonyl (C=O) groups is 1. The Labute approximate surface area is 157 Å². The molecule has 2 N–H and O–H groups in total. The minimum absolute atomic E-state index is 0.265. The molecule has 0 saturated heterocycles. The molecule has 0 saturated carbocycles. The highest BCUT2D eigenvalue weighted by atomic mass is 16.2. The van der Waals surface area contributed by atoms with E-state index in [-0.39, 0.29) is 6.03 Å². The summed E-state index contributed by atoms with van der Waals surface area (Å²) in [5.74, 6) is 0. The third-order valence-electron chi connectivity index (χ3n) is 4.36. The molecule has 1 heterocycles. The lowest BCUT2D eigenvalue weighted by Crippen LogP contribution is -2.19. The van der Waals surface area contributed by atoms with Gasteiger partial charge in [0, 0.05) is 29.2 Å². The molecule has 0 unspecified atom stereocenters. The van der Waals surface area contributed by atoms with Crippen molar-refractivity contribution < 1.29 is 4.79 Å². The van der Waals surface area contributed by atoms with Crippen LogP contribution in [0.3, 0.4) is 0 Å². The molecular weight excluding hydrogens is 334 g/mol. The molecule has 132 valence electrons. The average molecular weight is 353 g/mol. The van der Waals surface area contributed by atoms with Crippen LogP contribution in [0.2, 0.25) is 0 Å². The maximum absolute atomic E-state index is 12.3. The van der Waals surface area contributed by atoms with Crippen LogP contribution in [0.1, 0.15) is 11.1 Å². The van der Waals surface area contributed by atoms with Crippen LogP contribution in [0.15, 0.2) is 91.3 Å². The Hall–Kier alpha value is -3.66. The van der Waals surface area contributed by atoms with Crippen molar-refractivity contribution >= 4 is 28.2 Å². The van der Waals surface area contributed by atoms with Crippen LogP contribution in [0.5, 0.6) is 0 Å². The number of rotatable bonds is 4. The number of fused-ring (bicyclic) bond motifs is 1. The molecule has 2 amide bonds. The molecule has 0 fully saturated rings. The maximum Gasteiger partial charge on any atom is 0.323 e. The zero-order valence-electron chi connectivity index (χ0n) is 14.7. The molecule has 0 radical (unpaired) electrons. The molecule has 27 heavy (non-hydrogen) atoms. The van der Waals surface area contributed by atoms with E-state index >= 15 is 0 Å². The fourth-order valence-electron chi connectivity index (χ4n) is 2.99. The molecule has 4 aromatic rings. The molecule has 4 rings (SSSR count). The number of nitrogens with zero attached hydrogens (tertiary/aromatic N) is 1. The zero-order chi connectivity index (χ0) is 18.5. The summed E-state index contributed by atoms with van der Waals surface area (Å²) in [4.78, 5) is 16.4. The molecular formula is C23H19N3O. The summed E-state index contributed by atoms with van der Waals surface area (Å²) in [7, 11) is 0. The Balaban J connectivity index is 1.38. The molecule has 0 aliphatic carbocycles. The number of amides is 2. The summed E-state index contributed by atoms with van der Waals surface area (Å²) in [5, 5.41) is 7.81. The quantitative estimate of drug-likeness (QED) is 0.511. The third-order valence-corrected chi connectivity index (χ3v) is 4.36. The van der Waals surface area contributed by atoms with Gasteiger partial charge in [0.1, 0.15) is 0 Å². The smallest absolute Gasteiger partial charge is 0.308 e. The first-order valence-corrected chi connectivity index (χ1v) is 8.81. The number of aromatic nitrogens is 1. The first-order valence-electron chi connectivity index (χ1n) is 8.81. The van der Waals surface area contributed by atoms with E-state index in [4.69, 9.17) is 0 Å². The normalized spacial score (nSPS) is 10.5. The number of nitrogens with one attached hydrogen (secondary N) is 2. The summed E-state index contributed by atoms with van der Waals surface area (Å²) >= 11 is 0. The van der Waals surface area contributed by atoms with Crippen LogP contribution in [-0.2, 0) is 6.42 Å². The number of pyridine rings is 1. The third kappa shape index (κ3) is 4.30. The predicted molar refractivity (Wildman–Crippen MR) is 110 cm³/mol. The second-order valence-electron chi connectivity index (χ2n) is 6.38. The highest BCUT2D eigenvalue weighted by Crippen LogP contribution is 2.19. The molecule has 0 spiro atoms. The van der Waals surface area contributed by atoms with Gasteiger partial charge in [-0.1, -0.05) is 48.5 Å². The van der Waals surface area contributed by atoms with E-state index in [1.165, 1.54) is 11.1 Å². The predicted octanol–water partition coefficient (Wildman–Crippen LogP) is 5.47. The van der Waals surface area contributed by atoms with Gasteiger partial charge in [0.25, 0.3) is 0 Å². The van der Waals surface area contributed by atoms with Crippen molar-refractivity contribution in [3.63, 3.8) is 0 Å². The monoisotopic (exact) mass is 353 g/mol. The van der Waals surface area contributed by atoms with E-state index < -0.39 is 0 Å². The van der Waals surface area contributed by atoms with Crippen molar-refractivity contribution in [1.29, 1.82) is 0 Å². The van der Waals surface area contributed by atoms with Crippen LogP contribution in [0.4, 0.5) is 16.2 Å². The van der Waals surface area contributed by atoms with Gasteiger partial charge in [0.15, 0.2) is 0 Å². The average Bonchev–Trinajstić information content (AvgIpc) is 2.70. The SMILES string of the molecule is O=C(Nc1ccc(Cc2ccccc2)cc1)Nc1ccc2cnccc2c1. The lowest BCUT2D eigenvalue weighted by molar-refractivity contribution is 0.262. The van der Waals surface area contributed by atoms with Gasteiger partial charge in [-0.15, -0.1) is 0 Å². The minimum Gasteiger partial charge on any atom is -0.308 e. The van der Waals surface area contributed by atoms with Gasteiger partial charge >= 0.3 is 6.03 Å². The molecule has 4 heteroatoms. The van der Waals surface area contributed by atoms with Crippen molar-refractivity contribution in [1.82, 2.24) is 4.98 Å². The van der Waals surface area contributed by atoms with E-state index in [0.717, 1.165) is 28.6 Å². The fourth-order valence-corrected chi connectivity index (χ4v) is 2.99. The van der Waals surface area contributed by atoms with Gasteiger partial charge in [0.2, 0.25) is 0 Å². The van der Waals surface area contributed by atoms with Gasteiger partial charge in [0.05, 0.1) is 0 Å². The number of hydrogen-bond donors (Lipinski definition) is 2. The van der Waals surface area contributed by atoms with E-state index in [1.807, 2.05) is 66.7 Å². The van der Waals surface area contributed by atoms with E-state index in [0.29, 0.717) is 0 Å². The van der Waals surface area contributed by atoms with Crippen LogP contribution >= 0.6 is 0 Å². The van der Waals surface area contributed by atoms with Crippen molar-refractivity contribution in [2.75, 3.05) is 10.6 Å². The second kappa shape index (κ2) is 7.70. The lowest BCUT2D eigenvalue weighted by Gasteiger charge is -2.09. The molecule has 0 aliphatic rings. The minimum atomic E-state index is -0.265. The molecule has 1 aromatic heterocycles. The Kier molecular flexibility index (Phi) is 4.79. The number of hydrogen-bond acceptors (Lipinski definition) is 2. The Morgan fingerprint density at radius 2 is 1.44 bits per heavy atom. The second-order valence-corrected chi connectivity index (χ2v) is 6.38. The van der Waals surface area contributed by atoms with E-state index in [9.17, 15) is 4.79 Å². The first kappa shape index (κ1) is 16.8. The van der Waals surface area contributed by atoms with E-state index in [2.05, 4.69) is 27.8 Å². The molecule has 0 atom stereocenters. The number of anilines is 2. The van der Waals surface area contributed by atoms with Crippen molar-refractivity contribution in [2.24, 2.45) is 0 Å². The summed E-state index contributed by atoms with van der Waals surface area (Å²) < 4.78 is 0. The molecule has 4 nitrogen and oxygen atoms in total. The summed E-state index contributed by atoms with van der Waals surface area (Å²) in [6.45, 7) is 0. The van der Waals surface area contributed by atoms with E-state index in [1.54, 1.807) is 12.4 Å². The summed E-state index contributed by atoms with van der Waals surface area (Å²) in [5.41, 5.74) is 3.97. The fraction of sp³-hybridized carbons (Fsp3) is 0.0435.